The van der Waals surface area contributed by atoms with Crippen LogP contribution in [-0.2, 0) is 9.47 Å². The number of anilines is 1. The standard InChI is InChI=1S/C37H45FN6O6S/c1-36(2,3)50-35(46)44-23-10-11-24(44)19-42(18-23)31-29-32(41-34(40-31)48-20-37-12-6-14-43(37)15-7-13-37)51-33(39-29)30(45)26-17-25(49-21-47-4)16-22-8-5-9-27(38)28(22)26/h5,8-9,16-17,23-24,30,45H,6-7,10-15,18-21H2,1-4H3. The minimum Gasteiger partial charge on any atom is -0.468 e. The lowest BCUT2D eigenvalue weighted by Crippen LogP contribution is -2.57. The summed E-state index contributed by atoms with van der Waals surface area (Å²) in [6, 6.07) is 8.30. The van der Waals surface area contributed by atoms with Gasteiger partial charge in [-0.05, 0) is 96.0 Å². The number of thiazole rings is 1. The average Bonchev–Trinajstić information content (AvgIpc) is 3.86. The van der Waals surface area contributed by atoms with Gasteiger partial charge in [0.2, 0.25) is 0 Å². The highest BCUT2D eigenvalue weighted by atomic mass is 32.1. The molecule has 8 rings (SSSR count). The summed E-state index contributed by atoms with van der Waals surface area (Å²) in [5, 5.41) is 13.1. The van der Waals surface area contributed by atoms with Gasteiger partial charge in [-0.2, -0.15) is 9.97 Å². The summed E-state index contributed by atoms with van der Waals surface area (Å²) in [6.45, 7) is 9.41. The Kier molecular flexibility index (Phi) is 8.92. The number of aliphatic hydroxyl groups is 1. The number of hydrogen-bond donors (Lipinski definition) is 1. The summed E-state index contributed by atoms with van der Waals surface area (Å²) < 4.78 is 38.4. The van der Waals surface area contributed by atoms with E-state index in [0.717, 1.165) is 51.6 Å². The maximum Gasteiger partial charge on any atom is 0.410 e. The molecule has 0 spiro atoms. The van der Waals surface area contributed by atoms with Gasteiger partial charge in [-0.3, -0.25) is 9.80 Å². The number of aliphatic hydroxyl groups excluding tert-OH is 1. The van der Waals surface area contributed by atoms with Gasteiger partial charge in [0, 0.05) is 31.1 Å². The minimum atomic E-state index is -1.28. The van der Waals surface area contributed by atoms with Crippen molar-refractivity contribution >= 4 is 44.4 Å². The van der Waals surface area contributed by atoms with Gasteiger partial charge in [0.1, 0.15) is 40.4 Å². The van der Waals surface area contributed by atoms with Crippen LogP contribution in [0.15, 0.2) is 30.3 Å². The first-order valence-electron chi connectivity index (χ1n) is 17.9. The number of piperazine rings is 1. The van der Waals surface area contributed by atoms with Crippen LogP contribution in [0.1, 0.15) is 76.0 Å². The van der Waals surface area contributed by atoms with E-state index in [1.54, 1.807) is 24.3 Å². The molecule has 12 nitrogen and oxygen atoms in total. The van der Waals surface area contributed by atoms with E-state index in [9.17, 15) is 9.90 Å². The molecule has 2 aromatic heterocycles. The number of fused-ring (bicyclic) bond motifs is 5. The number of ether oxygens (including phenoxy) is 4. The Morgan fingerprint density at radius 1 is 1.08 bits per heavy atom. The number of amides is 1. The molecular formula is C37H45FN6O6S. The summed E-state index contributed by atoms with van der Waals surface area (Å²) in [4.78, 5) is 35.2. The van der Waals surface area contributed by atoms with E-state index in [1.165, 1.54) is 24.5 Å². The summed E-state index contributed by atoms with van der Waals surface area (Å²) in [7, 11) is 1.52. The van der Waals surface area contributed by atoms with Gasteiger partial charge < -0.3 is 29.0 Å². The third-order valence-corrected chi connectivity index (χ3v) is 11.7. The number of aromatic nitrogens is 3. The van der Waals surface area contributed by atoms with Gasteiger partial charge in [0.15, 0.2) is 17.4 Å². The molecule has 14 heteroatoms. The summed E-state index contributed by atoms with van der Waals surface area (Å²) in [5.41, 5.74) is 0.276. The van der Waals surface area contributed by atoms with Gasteiger partial charge in [0.05, 0.1) is 17.6 Å². The van der Waals surface area contributed by atoms with Crippen molar-refractivity contribution in [3.8, 4) is 11.8 Å². The molecule has 4 fully saturated rings. The molecule has 3 atom stereocenters. The number of hydrogen-bond acceptors (Lipinski definition) is 12. The zero-order valence-electron chi connectivity index (χ0n) is 29.6. The Morgan fingerprint density at radius 3 is 2.53 bits per heavy atom. The molecule has 6 heterocycles. The Hall–Kier alpha value is -3.85. The second-order valence-electron chi connectivity index (χ2n) is 15.2. The van der Waals surface area contributed by atoms with Crippen molar-refractivity contribution in [2.24, 2.45) is 0 Å². The summed E-state index contributed by atoms with van der Waals surface area (Å²) in [6.07, 6.45) is 4.63. The first kappa shape index (κ1) is 34.2. The first-order valence-corrected chi connectivity index (χ1v) is 18.7. The molecule has 0 saturated carbocycles. The van der Waals surface area contributed by atoms with Crippen LogP contribution in [0.3, 0.4) is 0 Å². The third kappa shape index (κ3) is 6.44. The number of nitrogens with zero attached hydrogens (tertiary/aromatic N) is 6. The largest absolute Gasteiger partial charge is 0.468 e. The number of benzene rings is 2. The number of methoxy groups -OCH3 is 1. The van der Waals surface area contributed by atoms with Gasteiger partial charge >= 0.3 is 12.1 Å². The second-order valence-corrected chi connectivity index (χ2v) is 16.2. The maximum atomic E-state index is 15.4. The van der Waals surface area contributed by atoms with Crippen molar-refractivity contribution in [3.05, 3.63) is 46.7 Å². The predicted molar refractivity (Wildman–Crippen MR) is 191 cm³/mol. The highest BCUT2D eigenvalue weighted by molar-refractivity contribution is 7.18. The van der Waals surface area contributed by atoms with E-state index in [1.807, 2.05) is 25.7 Å². The van der Waals surface area contributed by atoms with Crippen molar-refractivity contribution in [3.63, 3.8) is 0 Å². The van der Waals surface area contributed by atoms with Crippen molar-refractivity contribution in [1.29, 1.82) is 0 Å². The van der Waals surface area contributed by atoms with Crippen LogP contribution in [0.4, 0.5) is 15.0 Å². The summed E-state index contributed by atoms with van der Waals surface area (Å²) >= 11 is 1.23. The molecule has 2 bridgehead atoms. The Bertz CT molecular complexity index is 1930. The molecule has 1 amide bonds. The minimum absolute atomic E-state index is 0.00143. The van der Waals surface area contributed by atoms with Crippen LogP contribution < -0.4 is 14.4 Å². The van der Waals surface area contributed by atoms with Gasteiger partial charge in [0.25, 0.3) is 0 Å². The lowest BCUT2D eigenvalue weighted by atomic mass is 9.95. The van der Waals surface area contributed by atoms with E-state index in [4.69, 9.17) is 33.9 Å². The third-order valence-electron chi connectivity index (χ3n) is 10.7. The molecule has 272 valence electrons. The molecule has 0 aliphatic carbocycles. The molecule has 0 radical (unpaired) electrons. The zero-order chi connectivity index (χ0) is 35.5. The van der Waals surface area contributed by atoms with Crippen LogP contribution in [-0.4, -0.2) is 106 Å². The second kappa shape index (κ2) is 13.3. The SMILES string of the molecule is COCOc1cc(C(O)c2nc3c(N4CC5CCC(C4)N5C(=O)OC(C)(C)C)nc(OCC45CCCN4CCC5)nc3s2)c2c(F)cccc2c1. The van der Waals surface area contributed by atoms with Crippen LogP contribution in [0, 0.1) is 5.82 Å². The lowest BCUT2D eigenvalue weighted by Gasteiger charge is -2.41. The monoisotopic (exact) mass is 720 g/mol. The highest BCUT2D eigenvalue weighted by Gasteiger charge is 2.47. The van der Waals surface area contributed by atoms with Gasteiger partial charge in [-0.25, -0.2) is 14.2 Å². The smallest absolute Gasteiger partial charge is 0.410 e. The van der Waals surface area contributed by atoms with Gasteiger partial charge in [-0.1, -0.05) is 23.5 Å². The predicted octanol–water partition coefficient (Wildman–Crippen LogP) is 6.04. The summed E-state index contributed by atoms with van der Waals surface area (Å²) in [5.74, 6) is 0.584. The molecule has 4 aliphatic rings. The number of carbonyl (C=O) groups is 1. The fraction of sp³-hybridized carbons (Fsp3) is 0.568. The fourth-order valence-corrected chi connectivity index (χ4v) is 9.43. The molecule has 51 heavy (non-hydrogen) atoms. The fourth-order valence-electron chi connectivity index (χ4n) is 8.50. The van der Waals surface area contributed by atoms with Crippen LogP contribution in [0.25, 0.3) is 21.1 Å². The quantitative estimate of drug-likeness (QED) is 0.204. The van der Waals surface area contributed by atoms with Crippen LogP contribution >= 0.6 is 11.3 Å². The zero-order valence-corrected chi connectivity index (χ0v) is 30.4. The van der Waals surface area contributed by atoms with E-state index in [-0.39, 0.29) is 41.9 Å². The Labute approximate surface area is 300 Å². The van der Waals surface area contributed by atoms with Crippen LogP contribution in [0.2, 0.25) is 0 Å². The first-order chi connectivity index (χ1) is 24.5. The maximum absolute atomic E-state index is 15.4. The van der Waals surface area contributed by atoms with E-state index in [0.29, 0.717) is 57.6 Å². The topological polar surface area (TPSA) is 123 Å². The van der Waals surface area contributed by atoms with Crippen molar-refractivity contribution < 1.29 is 33.2 Å². The number of halogens is 1. The Morgan fingerprint density at radius 2 is 1.82 bits per heavy atom. The normalized spacial score (nSPS) is 22.2. The molecule has 4 saturated heterocycles. The molecular weight excluding hydrogens is 676 g/mol. The van der Waals surface area contributed by atoms with Crippen LogP contribution in [0.5, 0.6) is 11.8 Å². The van der Waals surface area contributed by atoms with Crippen molar-refractivity contribution in [2.45, 2.75) is 88.6 Å². The average molecular weight is 721 g/mol. The molecule has 3 unspecified atom stereocenters. The number of carbonyl (C=O) groups excluding carboxylic acids is 1. The molecule has 2 aromatic carbocycles. The lowest BCUT2D eigenvalue weighted by molar-refractivity contribution is 0.0122. The van der Waals surface area contributed by atoms with E-state index in [2.05, 4.69) is 9.80 Å². The molecule has 4 aliphatic heterocycles. The molecule has 4 aromatic rings. The molecule has 1 N–H and O–H groups in total. The van der Waals surface area contributed by atoms with Crippen molar-refractivity contribution in [1.82, 2.24) is 24.8 Å². The Balaban J connectivity index is 1.16. The number of rotatable bonds is 9. The van der Waals surface area contributed by atoms with E-state index >= 15 is 4.39 Å². The highest BCUT2D eigenvalue weighted by Crippen LogP contribution is 2.42. The van der Waals surface area contributed by atoms with Crippen molar-refractivity contribution in [2.75, 3.05) is 51.6 Å². The van der Waals surface area contributed by atoms with E-state index < -0.39 is 17.5 Å². The van der Waals surface area contributed by atoms with Gasteiger partial charge in [-0.15, -0.1) is 0 Å².